The molecule has 0 saturated carbocycles. The van der Waals surface area contributed by atoms with Gasteiger partial charge in [-0.1, -0.05) is 343 Å². The topological polar surface area (TPSA) is 0 Å². The van der Waals surface area contributed by atoms with Gasteiger partial charge in [-0.3, -0.25) is 0 Å². The van der Waals surface area contributed by atoms with E-state index in [9.17, 15) is 119 Å². The minimum Gasteiger partial charge on any atom is -0.171 e. The van der Waals surface area contributed by atoms with Crippen LogP contribution in [0.1, 0.15) is 452 Å². The third-order valence-corrected chi connectivity index (χ3v) is 23.5. The molecule has 0 saturated heterocycles. The lowest BCUT2D eigenvalue weighted by molar-refractivity contribution is -0.177. The molecule has 0 heterocycles. The Labute approximate surface area is 741 Å². The molecule has 124 heavy (non-hydrogen) atoms. The predicted molar refractivity (Wildman–Crippen MR) is 471 cm³/mol. The zero-order valence-corrected chi connectivity index (χ0v) is 83.4. The third-order valence-electron chi connectivity index (χ3n) is 23.5. The SMILES string of the molecule is CC(C)C(CC(F)(F)F)CC(F)(F)F.CC(C)C(CCCC(F)(F)F)CC(F)(F)F.CCC(CC(F)(F)F)C(C)C.CCC(CC)C(C)C.CCC(CCCC(F)(F)F)C(C)C.CCCC(CCCC(F)(F)F)C(C)C.CCCCC(CC(F)(F)F)C(C)C.CCCCC(CC)C(C)C.CCCCC(CCC(F)(F)F)C(C)C.CCCCC(CCC)C(C)C. The molecule has 0 rings (SSSR count). The highest BCUT2D eigenvalue weighted by Crippen LogP contribution is 2.40. The Morgan fingerprint density at radius 2 is 0.298 bits per heavy atom. The number of halogens is 27. The van der Waals surface area contributed by atoms with Crippen molar-refractivity contribution in [1.29, 1.82) is 0 Å². The Bertz CT molecular complexity index is 2150. The minimum absolute atomic E-state index is 0.0311. The number of hydrogen-bond donors (Lipinski definition) is 0. The van der Waals surface area contributed by atoms with E-state index in [0.717, 1.165) is 86.9 Å². The van der Waals surface area contributed by atoms with Crippen LogP contribution in [0.25, 0.3) is 0 Å². The van der Waals surface area contributed by atoms with Crippen LogP contribution in [-0.4, -0.2) is 55.6 Å². The van der Waals surface area contributed by atoms with Crippen molar-refractivity contribution in [2.45, 2.75) is 508 Å². The summed E-state index contributed by atoms with van der Waals surface area (Å²) in [4.78, 5) is 0. The van der Waals surface area contributed by atoms with Crippen molar-refractivity contribution in [1.82, 2.24) is 0 Å². The van der Waals surface area contributed by atoms with Gasteiger partial charge < -0.3 is 0 Å². The Morgan fingerprint density at radius 1 is 0.137 bits per heavy atom. The molecular formula is C97H187F27. The highest BCUT2D eigenvalue weighted by molar-refractivity contribution is 4.74. The van der Waals surface area contributed by atoms with E-state index in [-0.39, 0.29) is 61.2 Å². The maximum Gasteiger partial charge on any atom is 0.389 e. The van der Waals surface area contributed by atoms with Crippen molar-refractivity contribution >= 4 is 0 Å². The van der Waals surface area contributed by atoms with Crippen LogP contribution in [0.3, 0.4) is 0 Å². The summed E-state index contributed by atoms with van der Waals surface area (Å²) in [5.74, 6) is 4.94. The molecule has 0 spiro atoms. The molecule has 27 heteroatoms. The zero-order chi connectivity index (χ0) is 100. The normalized spacial score (nSPS) is 14.6. The lowest BCUT2D eigenvalue weighted by atomic mass is 9.87. The van der Waals surface area contributed by atoms with Crippen molar-refractivity contribution in [2.75, 3.05) is 0 Å². The van der Waals surface area contributed by atoms with Gasteiger partial charge in [-0.15, -0.1) is 0 Å². The molecule has 0 aliphatic carbocycles. The molecule has 0 aromatic heterocycles. The molecule has 0 nitrogen and oxygen atoms in total. The van der Waals surface area contributed by atoms with E-state index in [4.69, 9.17) is 0 Å². The summed E-state index contributed by atoms with van der Waals surface area (Å²) >= 11 is 0. The lowest BCUT2D eigenvalue weighted by Gasteiger charge is -2.23. The molecule has 0 N–H and O–H groups in total. The molecule has 0 amide bonds. The molecular weight excluding hydrogens is 1680 g/mol. The van der Waals surface area contributed by atoms with Crippen LogP contribution >= 0.6 is 0 Å². The Morgan fingerprint density at radius 3 is 0.460 bits per heavy atom. The summed E-state index contributed by atoms with van der Waals surface area (Å²) in [6.07, 6.45) is -18.9. The molecule has 0 aromatic carbocycles. The van der Waals surface area contributed by atoms with Gasteiger partial charge >= 0.3 is 55.6 Å². The lowest BCUT2D eigenvalue weighted by Crippen LogP contribution is -2.25. The van der Waals surface area contributed by atoms with Crippen molar-refractivity contribution in [2.24, 2.45) is 118 Å². The Balaban J connectivity index is -0.000000146. The molecule has 0 radical (unpaired) electrons. The Hall–Kier alpha value is -1.89. The molecule has 0 aliphatic heterocycles. The largest absolute Gasteiger partial charge is 0.389 e. The summed E-state index contributed by atoms with van der Waals surface area (Å²) in [5.41, 5.74) is 0. The summed E-state index contributed by atoms with van der Waals surface area (Å²) in [7, 11) is 0. The van der Waals surface area contributed by atoms with E-state index in [1.807, 2.05) is 55.4 Å². The van der Waals surface area contributed by atoms with Crippen LogP contribution < -0.4 is 0 Å². The number of unbranched alkanes of at least 4 members (excludes halogenated alkanes) is 4. The monoisotopic (exact) mass is 1870 g/mol. The first-order valence-electron chi connectivity index (χ1n) is 47.6. The van der Waals surface area contributed by atoms with Crippen LogP contribution in [0, 0.1) is 118 Å². The van der Waals surface area contributed by atoms with Crippen LogP contribution in [-0.2, 0) is 0 Å². The summed E-state index contributed by atoms with van der Waals surface area (Å²) in [6.45, 7) is 63.4. The standard InChI is InChI=1S/2C11H21F3.C11H24.C10H16F6.2C10H19F3.C10H22.C8H12F6.C8H15F3.C8H18/c1-4-6-10(9(2)3)7-5-8-11(12,13)14;1-4-5-6-10(9(2)3)7-8-11(12,13)14;1-5-7-9-11(8-6-2)10(3)4;1-7(2)8(6-10(14,15)16)4-3-5-9(11,12)13;1-4-9(8(2)3)6-5-7-10(11,12)13;1-4-5-6-9(8(2)3)7-10(11,12)13;1-5-7-8-10(6-2)9(3)4;1-5(2)6(3-7(9,10)11)4-8(12,13)14;1-4-7(6(2)3)5-8(9,10)11;1-5-8(6-2)7(3)4/h2*9-10H,4-8H2,1-3H3;10-11H,5-9H2,1-4H3;7-8H,3-6H2,1-2H3;2*8-9H,4-7H2,1-3H3;9-10H,5-8H2,1-4H3;5-6H,3-4H2,1-2H3;6-7H,4-5H2,1-3H3;7-8H,5-6H2,1-4H3. The second-order valence-electron chi connectivity index (χ2n) is 38.0. The van der Waals surface area contributed by atoms with Gasteiger partial charge in [0.1, 0.15) is 0 Å². The van der Waals surface area contributed by atoms with Gasteiger partial charge in [-0.05, 0) is 170 Å². The summed E-state index contributed by atoms with van der Waals surface area (Å²) in [6, 6.07) is 0. The fourth-order valence-corrected chi connectivity index (χ4v) is 14.6. The molecule has 8 atom stereocenters. The summed E-state index contributed by atoms with van der Waals surface area (Å²) in [5, 5.41) is 0. The second-order valence-corrected chi connectivity index (χ2v) is 38.0. The second kappa shape index (κ2) is 78.6. The van der Waals surface area contributed by atoms with Gasteiger partial charge in [-0.25, -0.2) is 0 Å². The van der Waals surface area contributed by atoms with Crippen molar-refractivity contribution in [3.05, 3.63) is 0 Å². The molecule has 0 aliphatic rings. The molecule has 0 aromatic rings. The number of alkyl halides is 27. The predicted octanol–water partition coefficient (Wildman–Crippen LogP) is 42.3. The third kappa shape index (κ3) is 114. The van der Waals surface area contributed by atoms with E-state index in [1.54, 1.807) is 20.8 Å². The molecule has 8 unspecified atom stereocenters. The highest BCUT2D eigenvalue weighted by Gasteiger charge is 2.41. The maximum absolute atomic E-state index is 12.1. The quantitative estimate of drug-likeness (QED) is 0.0533. The van der Waals surface area contributed by atoms with Gasteiger partial charge in [0, 0.05) is 57.8 Å². The van der Waals surface area contributed by atoms with Crippen LogP contribution in [0.5, 0.6) is 0 Å². The van der Waals surface area contributed by atoms with Crippen LogP contribution in [0.2, 0.25) is 0 Å². The molecule has 0 bridgehead atoms. The molecule has 764 valence electrons. The zero-order valence-electron chi connectivity index (χ0n) is 83.4. The maximum atomic E-state index is 12.1. The van der Waals surface area contributed by atoms with Gasteiger partial charge in [0.15, 0.2) is 0 Å². The number of hydrogen-bond acceptors (Lipinski definition) is 0. The number of rotatable bonds is 47. The van der Waals surface area contributed by atoms with Gasteiger partial charge in [0.25, 0.3) is 0 Å². The van der Waals surface area contributed by atoms with Crippen LogP contribution in [0.15, 0.2) is 0 Å². The van der Waals surface area contributed by atoms with E-state index < -0.39 is 131 Å². The van der Waals surface area contributed by atoms with Crippen LogP contribution in [0.4, 0.5) is 119 Å². The first-order valence-corrected chi connectivity index (χ1v) is 47.6. The van der Waals surface area contributed by atoms with Gasteiger partial charge in [0.05, 0.1) is 0 Å². The summed E-state index contributed by atoms with van der Waals surface area (Å²) < 4.78 is 322. The van der Waals surface area contributed by atoms with Gasteiger partial charge in [-0.2, -0.15) is 119 Å². The van der Waals surface area contributed by atoms with Crippen molar-refractivity contribution in [3.63, 3.8) is 0 Å². The molecule has 0 fully saturated rings. The Kier molecular flexibility index (Phi) is 90.3. The first-order chi connectivity index (χ1) is 56.0. The van der Waals surface area contributed by atoms with E-state index in [2.05, 4.69) is 125 Å². The average Bonchev–Trinajstić information content (AvgIpc) is 0.879. The van der Waals surface area contributed by atoms with E-state index in [1.165, 1.54) is 84.5 Å². The van der Waals surface area contributed by atoms with E-state index in [0.29, 0.717) is 61.7 Å². The fraction of sp³-hybridized carbons (Fsp3) is 1.00. The smallest absolute Gasteiger partial charge is 0.171 e. The highest BCUT2D eigenvalue weighted by atomic mass is 19.4. The van der Waals surface area contributed by atoms with Crippen molar-refractivity contribution < 1.29 is 119 Å². The minimum atomic E-state index is -4.53. The van der Waals surface area contributed by atoms with E-state index >= 15 is 0 Å². The van der Waals surface area contributed by atoms with Crippen molar-refractivity contribution in [3.8, 4) is 0 Å². The van der Waals surface area contributed by atoms with Gasteiger partial charge in [0.2, 0.25) is 0 Å². The average molecular weight is 1870 g/mol. The first kappa shape index (κ1) is 143. The fourth-order valence-electron chi connectivity index (χ4n) is 14.6.